The highest BCUT2D eigenvalue weighted by molar-refractivity contribution is 8.00. The highest BCUT2D eigenvalue weighted by Gasteiger charge is 2.29. The molecule has 5 nitrogen and oxygen atoms in total. The number of carbonyl (C=O) groups excluding carboxylic acids is 2. The molecule has 7 heteroatoms. The summed E-state index contributed by atoms with van der Waals surface area (Å²) in [6.45, 7) is 4.59. The second-order valence-electron chi connectivity index (χ2n) is 4.31. The molecule has 0 aromatic carbocycles. The molecule has 0 bridgehead atoms. The summed E-state index contributed by atoms with van der Waals surface area (Å²) in [5, 5.41) is 2.96. The molecule has 0 atom stereocenters. The summed E-state index contributed by atoms with van der Waals surface area (Å²) in [4.78, 5) is 24.8. The van der Waals surface area contributed by atoms with E-state index in [9.17, 15) is 9.59 Å². The normalized spacial score (nSPS) is 15.5. The maximum Gasteiger partial charge on any atom is 0.240 e. The monoisotopic (exact) mass is 295 g/mol. The van der Waals surface area contributed by atoms with Gasteiger partial charge in [0.2, 0.25) is 11.8 Å². The number of halogens is 1. The average Bonchev–Trinajstić information content (AvgIpc) is 2.72. The van der Waals surface area contributed by atoms with Crippen LogP contribution in [-0.4, -0.2) is 47.0 Å². The van der Waals surface area contributed by atoms with Crippen LogP contribution >= 0.6 is 24.2 Å². The van der Waals surface area contributed by atoms with Gasteiger partial charge in [0.15, 0.2) is 0 Å². The Balaban J connectivity index is 0.00000289. The number of amides is 2. The SMILES string of the molecule is CCC(CC)(CN)NC(=O)CN1CSCC1=O.Cl. The lowest BCUT2D eigenvalue weighted by Gasteiger charge is -2.32. The van der Waals surface area contributed by atoms with Gasteiger partial charge in [-0.3, -0.25) is 9.59 Å². The number of nitrogens with one attached hydrogen (secondary N) is 1. The number of thioether (sulfide) groups is 1. The van der Waals surface area contributed by atoms with Gasteiger partial charge in [-0.15, -0.1) is 24.2 Å². The van der Waals surface area contributed by atoms with Gasteiger partial charge in [0, 0.05) is 6.54 Å². The minimum Gasteiger partial charge on any atom is -0.348 e. The number of nitrogens with two attached hydrogens (primary N) is 1. The van der Waals surface area contributed by atoms with Crippen LogP contribution < -0.4 is 11.1 Å². The maximum absolute atomic E-state index is 11.9. The van der Waals surface area contributed by atoms with Gasteiger partial charge >= 0.3 is 0 Å². The van der Waals surface area contributed by atoms with E-state index >= 15 is 0 Å². The van der Waals surface area contributed by atoms with Gasteiger partial charge in [-0.05, 0) is 12.8 Å². The second-order valence-corrected chi connectivity index (χ2v) is 5.26. The third-order valence-electron chi connectivity index (χ3n) is 3.31. The lowest BCUT2D eigenvalue weighted by atomic mass is 9.93. The summed E-state index contributed by atoms with van der Waals surface area (Å²) in [6, 6.07) is 0. The Morgan fingerprint density at radius 1 is 1.50 bits per heavy atom. The van der Waals surface area contributed by atoms with E-state index in [1.165, 1.54) is 11.8 Å². The molecule has 1 fully saturated rings. The zero-order valence-corrected chi connectivity index (χ0v) is 12.5. The summed E-state index contributed by atoms with van der Waals surface area (Å²) < 4.78 is 0. The molecular formula is C11H22ClN3O2S. The van der Waals surface area contributed by atoms with Crippen LogP contribution in [-0.2, 0) is 9.59 Å². The Labute approximate surface area is 119 Å². The molecule has 0 saturated carbocycles. The number of hydrogen-bond acceptors (Lipinski definition) is 4. The van der Waals surface area contributed by atoms with Gasteiger partial charge < -0.3 is 16.0 Å². The van der Waals surface area contributed by atoms with E-state index < -0.39 is 0 Å². The van der Waals surface area contributed by atoms with Gasteiger partial charge in [-0.25, -0.2) is 0 Å². The standard InChI is InChI=1S/C11H21N3O2S.ClH/c1-3-11(4-2,7-12)13-9(15)5-14-8-17-6-10(14)16;/h3-8,12H2,1-2H3,(H,13,15);1H. The Bertz CT molecular complexity index is 290. The van der Waals surface area contributed by atoms with Crippen LogP contribution in [0.15, 0.2) is 0 Å². The molecule has 0 radical (unpaired) electrons. The van der Waals surface area contributed by atoms with Crippen LogP contribution in [0, 0.1) is 0 Å². The number of hydrogen-bond donors (Lipinski definition) is 2. The predicted molar refractivity (Wildman–Crippen MR) is 76.8 cm³/mol. The molecule has 0 aromatic rings. The zero-order valence-electron chi connectivity index (χ0n) is 10.9. The first-order valence-corrected chi connectivity index (χ1v) is 7.09. The fourth-order valence-electron chi connectivity index (χ4n) is 1.82. The van der Waals surface area contributed by atoms with Crippen molar-refractivity contribution in [2.45, 2.75) is 32.2 Å². The molecule has 1 aliphatic heterocycles. The summed E-state index contributed by atoms with van der Waals surface area (Å²) in [5.74, 6) is 1.02. The molecule has 1 rings (SSSR count). The van der Waals surface area contributed by atoms with Gasteiger partial charge in [0.05, 0.1) is 17.2 Å². The molecule has 1 aliphatic rings. The highest BCUT2D eigenvalue weighted by Crippen LogP contribution is 2.16. The van der Waals surface area contributed by atoms with Gasteiger partial charge in [0.25, 0.3) is 0 Å². The van der Waals surface area contributed by atoms with Crippen molar-refractivity contribution >= 4 is 36.0 Å². The largest absolute Gasteiger partial charge is 0.348 e. The summed E-state index contributed by atoms with van der Waals surface area (Å²) in [6.07, 6.45) is 1.60. The van der Waals surface area contributed by atoms with E-state index in [4.69, 9.17) is 5.73 Å². The van der Waals surface area contributed by atoms with Crippen molar-refractivity contribution in [1.82, 2.24) is 10.2 Å². The van der Waals surface area contributed by atoms with Crippen molar-refractivity contribution in [3.63, 3.8) is 0 Å². The molecule has 0 spiro atoms. The molecule has 1 saturated heterocycles. The summed E-state index contributed by atoms with van der Waals surface area (Å²) >= 11 is 1.54. The lowest BCUT2D eigenvalue weighted by molar-refractivity contribution is -0.133. The van der Waals surface area contributed by atoms with Gasteiger partial charge in [0.1, 0.15) is 6.54 Å². The third-order valence-corrected chi connectivity index (χ3v) is 4.25. The Morgan fingerprint density at radius 2 is 2.11 bits per heavy atom. The smallest absolute Gasteiger partial charge is 0.240 e. The molecule has 0 aromatic heterocycles. The van der Waals surface area contributed by atoms with Crippen LogP contribution in [0.25, 0.3) is 0 Å². The molecule has 18 heavy (non-hydrogen) atoms. The first kappa shape index (κ1) is 17.5. The third kappa shape index (κ3) is 4.33. The lowest BCUT2D eigenvalue weighted by Crippen LogP contribution is -2.55. The number of carbonyl (C=O) groups is 2. The van der Waals surface area contributed by atoms with Crippen LogP contribution in [0.4, 0.5) is 0 Å². The Kier molecular flexibility index (Phi) is 7.66. The first-order chi connectivity index (χ1) is 8.06. The van der Waals surface area contributed by atoms with E-state index in [1.54, 1.807) is 4.90 Å². The molecule has 1 heterocycles. The number of nitrogens with zero attached hydrogens (tertiary/aromatic N) is 1. The molecule has 0 unspecified atom stereocenters. The van der Waals surface area contributed by atoms with Crippen LogP contribution in [0.2, 0.25) is 0 Å². The van der Waals surface area contributed by atoms with Crippen LogP contribution in [0.5, 0.6) is 0 Å². The minimum atomic E-state index is -0.326. The predicted octanol–water partition coefficient (Wildman–Crippen LogP) is 0.575. The van der Waals surface area contributed by atoms with Crippen LogP contribution in [0.1, 0.15) is 26.7 Å². The average molecular weight is 296 g/mol. The van der Waals surface area contributed by atoms with Gasteiger partial charge in [-0.1, -0.05) is 13.8 Å². The van der Waals surface area contributed by atoms with Crippen LogP contribution in [0.3, 0.4) is 0 Å². The van der Waals surface area contributed by atoms with E-state index in [0.717, 1.165) is 12.8 Å². The highest BCUT2D eigenvalue weighted by atomic mass is 35.5. The topological polar surface area (TPSA) is 75.4 Å². The van der Waals surface area contributed by atoms with Gasteiger partial charge in [-0.2, -0.15) is 0 Å². The fourth-order valence-corrected chi connectivity index (χ4v) is 2.72. The van der Waals surface area contributed by atoms with Crippen molar-refractivity contribution in [2.75, 3.05) is 24.7 Å². The molecule has 3 N–H and O–H groups in total. The van der Waals surface area contributed by atoms with Crippen molar-refractivity contribution in [1.29, 1.82) is 0 Å². The Hall–Kier alpha value is -0.460. The zero-order chi connectivity index (χ0) is 12.9. The quantitative estimate of drug-likeness (QED) is 0.751. The summed E-state index contributed by atoms with van der Waals surface area (Å²) in [5.41, 5.74) is 5.39. The van der Waals surface area contributed by atoms with Crippen molar-refractivity contribution in [2.24, 2.45) is 5.73 Å². The second kappa shape index (κ2) is 7.86. The fraction of sp³-hybridized carbons (Fsp3) is 0.818. The summed E-state index contributed by atoms with van der Waals surface area (Å²) in [7, 11) is 0. The first-order valence-electron chi connectivity index (χ1n) is 5.93. The van der Waals surface area contributed by atoms with E-state index in [0.29, 0.717) is 18.2 Å². The Morgan fingerprint density at radius 3 is 2.50 bits per heavy atom. The van der Waals surface area contributed by atoms with E-state index in [1.807, 2.05) is 13.8 Å². The van der Waals surface area contributed by atoms with E-state index in [2.05, 4.69) is 5.32 Å². The maximum atomic E-state index is 11.9. The van der Waals surface area contributed by atoms with Crippen molar-refractivity contribution in [3.05, 3.63) is 0 Å². The number of rotatable bonds is 6. The molecular weight excluding hydrogens is 274 g/mol. The molecule has 106 valence electrons. The van der Waals surface area contributed by atoms with Crippen molar-refractivity contribution in [3.8, 4) is 0 Å². The minimum absolute atomic E-state index is 0. The molecule has 0 aliphatic carbocycles. The molecule has 2 amide bonds. The van der Waals surface area contributed by atoms with Crippen molar-refractivity contribution < 1.29 is 9.59 Å². The van der Waals surface area contributed by atoms with E-state index in [-0.39, 0.29) is 36.3 Å².